The molecule has 1 heterocycles. The van der Waals surface area contributed by atoms with E-state index in [-0.39, 0.29) is 5.41 Å². The van der Waals surface area contributed by atoms with Gasteiger partial charge in [-0.05, 0) is 31.5 Å². The summed E-state index contributed by atoms with van der Waals surface area (Å²) in [6, 6.07) is 7.76. The molecule has 0 N–H and O–H groups in total. The maximum Gasteiger partial charge on any atom is 0.0940 e. The van der Waals surface area contributed by atoms with E-state index in [2.05, 4.69) is 11.9 Å². The summed E-state index contributed by atoms with van der Waals surface area (Å²) in [6.45, 7) is 4.11. The molecule has 0 atom stereocenters. The third kappa shape index (κ3) is 3.30. The van der Waals surface area contributed by atoms with Gasteiger partial charge < -0.3 is 0 Å². The largest absolute Gasteiger partial charge is 0.246 e. The van der Waals surface area contributed by atoms with Crippen LogP contribution in [-0.4, -0.2) is 16.7 Å². The minimum Gasteiger partial charge on any atom is -0.246 e. The molecule has 20 heavy (non-hydrogen) atoms. The van der Waals surface area contributed by atoms with Crippen LogP contribution in [0.4, 0.5) is 0 Å². The van der Waals surface area contributed by atoms with E-state index < -0.39 is 0 Å². The second-order valence-corrected chi connectivity index (χ2v) is 7.24. The first-order valence-corrected chi connectivity index (χ1v) is 8.58. The van der Waals surface area contributed by atoms with E-state index >= 15 is 0 Å². The third-order valence-electron chi connectivity index (χ3n) is 3.53. The molecule has 2 aromatic rings. The van der Waals surface area contributed by atoms with Gasteiger partial charge in [-0.15, -0.1) is 34.5 Å². The molecule has 0 bridgehead atoms. The molecule has 0 aliphatic rings. The second kappa shape index (κ2) is 6.65. The number of hydrogen-bond acceptors (Lipinski definition) is 2. The maximum absolute atomic E-state index is 6.25. The Balaban J connectivity index is 2.36. The number of halogens is 3. The van der Waals surface area contributed by atoms with Gasteiger partial charge in [0.2, 0.25) is 0 Å². The topological polar surface area (TPSA) is 12.9 Å². The van der Waals surface area contributed by atoms with Gasteiger partial charge in [-0.1, -0.05) is 23.7 Å². The van der Waals surface area contributed by atoms with Crippen LogP contribution in [0, 0.1) is 13.8 Å². The second-order valence-electron chi connectivity index (χ2n) is 4.98. The Labute approximate surface area is 138 Å². The molecule has 0 aliphatic carbocycles. The zero-order valence-electron chi connectivity index (χ0n) is 11.4. The fourth-order valence-electron chi connectivity index (χ4n) is 2.09. The summed E-state index contributed by atoms with van der Waals surface area (Å²) in [5.41, 5.74) is 1.89. The summed E-state index contributed by atoms with van der Waals surface area (Å²) in [5.74, 6) is 0.908. The first-order valence-electron chi connectivity index (χ1n) is 6.31. The third-order valence-corrected chi connectivity index (χ3v) is 5.88. The lowest BCUT2D eigenvalue weighted by molar-refractivity contribution is 0.534. The van der Waals surface area contributed by atoms with E-state index in [1.165, 1.54) is 4.88 Å². The van der Waals surface area contributed by atoms with Crippen molar-refractivity contribution in [2.75, 3.05) is 11.8 Å². The van der Waals surface area contributed by atoms with Crippen molar-refractivity contribution in [3.63, 3.8) is 0 Å². The molecule has 0 unspecified atom stereocenters. The van der Waals surface area contributed by atoms with Crippen molar-refractivity contribution in [2.24, 2.45) is 0 Å². The summed E-state index contributed by atoms with van der Waals surface area (Å²) >= 11 is 20.2. The number of rotatable bonds is 5. The number of hydrogen-bond donors (Lipinski definition) is 0. The van der Waals surface area contributed by atoms with Crippen LogP contribution < -0.4 is 0 Å². The molecule has 0 spiro atoms. The minimum absolute atomic E-state index is 0.301. The highest BCUT2D eigenvalue weighted by molar-refractivity contribution is 7.11. The van der Waals surface area contributed by atoms with Crippen LogP contribution in [0.3, 0.4) is 0 Å². The molecule has 0 radical (unpaired) electrons. The van der Waals surface area contributed by atoms with Crippen LogP contribution >= 0.6 is 46.1 Å². The average Bonchev–Trinajstić information content (AvgIpc) is 2.76. The highest BCUT2D eigenvalue weighted by Gasteiger charge is 2.32. The van der Waals surface area contributed by atoms with Crippen LogP contribution in [0.25, 0.3) is 0 Å². The molecule has 1 aromatic carbocycles. The SMILES string of the molecule is Cc1nc(CC(CCl)(CCl)c2ccc(Cl)cc2)sc1C. The number of aromatic nitrogens is 1. The molecular formula is C15H16Cl3NS. The Morgan fingerprint density at radius 1 is 1.10 bits per heavy atom. The van der Waals surface area contributed by atoms with Crippen molar-refractivity contribution in [3.8, 4) is 0 Å². The van der Waals surface area contributed by atoms with Crippen molar-refractivity contribution >= 4 is 46.1 Å². The Morgan fingerprint density at radius 3 is 2.15 bits per heavy atom. The Bertz CT molecular complexity index is 554. The molecule has 1 nitrogen and oxygen atoms in total. The van der Waals surface area contributed by atoms with E-state index in [1.54, 1.807) is 11.3 Å². The Hall–Kier alpha value is -0.280. The normalized spacial score (nSPS) is 11.8. The summed E-state index contributed by atoms with van der Waals surface area (Å²) in [5, 5.41) is 1.80. The fourth-order valence-corrected chi connectivity index (χ4v) is 4.08. The number of nitrogens with zero attached hydrogens (tertiary/aromatic N) is 1. The van der Waals surface area contributed by atoms with E-state index in [0.29, 0.717) is 16.8 Å². The van der Waals surface area contributed by atoms with Crippen molar-refractivity contribution in [1.82, 2.24) is 4.98 Å². The van der Waals surface area contributed by atoms with Gasteiger partial charge in [-0.25, -0.2) is 4.98 Å². The van der Waals surface area contributed by atoms with Gasteiger partial charge in [0.25, 0.3) is 0 Å². The zero-order chi connectivity index (χ0) is 14.8. The zero-order valence-corrected chi connectivity index (χ0v) is 14.5. The first-order chi connectivity index (χ1) is 9.50. The Morgan fingerprint density at radius 2 is 1.70 bits per heavy atom. The van der Waals surface area contributed by atoms with Gasteiger partial charge in [0, 0.05) is 33.5 Å². The van der Waals surface area contributed by atoms with Gasteiger partial charge in [0.05, 0.1) is 10.7 Å². The number of aryl methyl sites for hydroxylation is 2. The number of thiazole rings is 1. The van der Waals surface area contributed by atoms with Gasteiger partial charge in [0.1, 0.15) is 0 Å². The summed E-state index contributed by atoms with van der Waals surface area (Å²) in [7, 11) is 0. The van der Waals surface area contributed by atoms with Crippen LogP contribution in [-0.2, 0) is 11.8 Å². The van der Waals surface area contributed by atoms with E-state index in [4.69, 9.17) is 34.8 Å². The van der Waals surface area contributed by atoms with Crippen molar-refractivity contribution in [3.05, 3.63) is 50.4 Å². The van der Waals surface area contributed by atoms with Crippen LogP contribution in [0.1, 0.15) is 21.1 Å². The number of alkyl halides is 2. The van der Waals surface area contributed by atoms with Crippen molar-refractivity contribution < 1.29 is 0 Å². The summed E-state index contributed by atoms with van der Waals surface area (Å²) in [4.78, 5) is 5.85. The summed E-state index contributed by atoms with van der Waals surface area (Å²) in [6.07, 6.45) is 0.751. The molecule has 1 aromatic heterocycles. The smallest absolute Gasteiger partial charge is 0.0940 e. The predicted octanol–water partition coefficient (Wildman–Crippen LogP) is 5.37. The van der Waals surface area contributed by atoms with Crippen LogP contribution in [0.2, 0.25) is 5.02 Å². The first kappa shape index (κ1) is 16.1. The summed E-state index contributed by atoms with van der Waals surface area (Å²) < 4.78 is 0. The quantitative estimate of drug-likeness (QED) is 0.662. The van der Waals surface area contributed by atoms with E-state index in [9.17, 15) is 0 Å². The van der Waals surface area contributed by atoms with Gasteiger partial charge in [-0.2, -0.15) is 0 Å². The molecule has 2 rings (SSSR count). The van der Waals surface area contributed by atoms with Crippen LogP contribution in [0.5, 0.6) is 0 Å². The molecule has 5 heteroatoms. The minimum atomic E-state index is -0.301. The highest BCUT2D eigenvalue weighted by atomic mass is 35.5. The lowest BCUT2D eigenvalue weighted by Crippen LogP contribution is -2.33. The molecule has 0 fully saturated rings. The predicted molar refractivity (Wildman–Crippen MR) is 89.9 cm³/mol. The molecule has 0 saturated carbocycles. The van der Waals surface area contributed by atoms with Crippen molar-refractivity contribution in [2.45, 2.75) is 25.7 Å². The lowest BCUT2D eigenvalue weighted by Gasteiger charge is -2.29. The molecule has 108 valence electrons. The molecule has 0 saturated heterocycles. The van der Waals surface area contributed by atoms with E-state index in [0.717, 1.165) is 22.7 Å². The van der Waals surface area contributed by atoms with Gasteiger partial charge in [0.15, 0.2) is 0 Å². The molecular weight excluding hydrogens is 333 g/mol. The van der Waals surface area contributed by atoms with Gasteiger partial charge >= 0.3 is 0 Å². The highest BCUT2D eigenvalue weighted by Crippen LogP contribution is 2.34. The van der Waals surface area contributed by atoms with E-state index in [1.807, 2.05) is 31.2 Å². The lowest BCUT2D eigenvalue weighted by atomic mass is 9.81. The van der Waals surface area contributed by atoms with Crippen LogP contribution in [0.15, 0.2) is 24.3 Å². The monoisotopic (exact) mass is 347 g/mol. The van der Waals surface area contributed by atoms with Crippen molar-refractivity contribution in [1.29, 1.82) is 0 Å². The fraction of sp³-hybridized carbons (Fsp3) is 0.400. The molecule has 0 amide bonds. The average molecular weight is 349 g/mol. The standard InChI is InChI=1S/C15H16Cl3NS/c1-10-11(2)20-14(19-10)7-15(8-16,9-17)12-3-5-13(18)6-4-12/h3-6H,7-9H2,1-2H3. The molecule has 0 aliphatic heterocycles. The number of benzene rings is 1. The maximum atomic E-state index is 6.25. The van der Waals surface area contributed by atoms with Gasteiger partial charge in [-0.3, -0.25) is 0 Å². The Kier molecular flexibility index (Phi) is 5.36.